The summed E-state index contributed by atoms with van der Waals surface area (Å²) in [6, 6.07) is 13.3. The number of benzene rings is 3. The Morgan fingerprint density at radius 2 is 1.76 bits per heavy atom. The van der Waals surface area contributed by atoms with Gasteiger partial charge in [0.1, 0.15) is 24.0 Å². The number of fused-ring (bicyclic) bond motifs is 1. The van der Waals surface area contributed by atoms with E-state index in [0.717, 1.165) is 12.1 Å². The van der Waals surface area contributed by atoms with Crippen LogP contribution in [0.5, 0.6) is 5.75 Å². The number of halogens is 4. The lowest BCUT2D eigenvalue weighted by Crippen LogP contribution is -2.16. The molecule has 0 radical (unpaired) electrons. The van der Waals surface area contributed by atoms with Crippen LogP contribution in [0.4, 0.5) is 13.2 Å². The Bertz CT molecular complexity index is 1430. The third kappa shape index (κ3) is 4.73. The Labute approximate surface area is 200 Å². The lowest BCUT2D eigenvalue weighted by Gasteiger charge is -2.22. The summed E-state index contributed by atoms with van der Waals surface area (Å²) < 4.78 is 50.2. The van der Waals surface area contributed by atoms with Gasteiger partial charge in [-0.05, 0) is 35.7 Å². The van der Waals surface area contributed by atoms with Crippen LogP contribution < -0.4 is 4.74 Å². The average Bonchev–Trinajstić information content (AvgIpc) is 3.08. The predicted molar refractivity (Wildman–Crippen MR) is 125 cm³/mol. The third-order valence-corrected chi connectivity index (χ3v) is 5.45. The lowest BCUT2D eigenvalue weighted by molar-refractivity contribution is 0.300. The van der Waals surface area contributed by atoms with Crippen molar-refractivity contribution in [2.45, 2.75) is 33.9 Å². The van der Waals surface area contributed by atoms with Crippen LogP contribution in [0.2, 0.25) is 5.02 Å². The van der Waals surface area contributed by atoms with Gasteiger partial charge in [-0.1, -0.05) is 38.4 Å². The normalized spacial score (nSPS) is 11.6. The second-order valence-electron chi connectivity index (χ2n) is 9.14. The van der Waals surface area contributed by atoms with Crippen LogP contribution in [0.25, 0.3) is 22.4 Å². The quantitative estimate of drug-likeness (QED) is 0.300. The highest BCUT2D eigenvalue weighted by atomic mass is 35.5. The summed E-state index contributed by atoms with van der Waals surface area (Å²) in [5.74, 6) is -1.80. The third-order valence-electron chi connectivity index (χ3n) is 5.22. The molecular weight excluding hydrogens is 463 g/mol. The van der Waals surface area contributed by atoms with Crippen molar-refractivity contribution in [2.24, 2.45) is 5.41 Å². The fourth-order valence-corrected chi connectivity index (χ4v) is 3.88. The van der Waals surface area contributed by atoms with Gasteiger partial charge >= 0.3 is 0 Å². The summed E-state index contributed by atoms with van der Waals surface area (Å²) in [4.78, 5) is 4.57. The number of aromatic nitrogens is 2. The number of ether oxygens (including phenoxy) is 1. The monoisotopic (exact) mass is 483 g/mol. The molecule has 0 saturated heterocycles. The minimum atomic E-state index is -0.990. The van der Waals surface area contributed by atoms with Crippen molar-refractivity contribution in [2.75, 3.05) is 0 Å². The number of hydrogen-bond donors (Lipinski definition) is 0. The number of rotatable bonds is 5. The van der Waals surface area contributed by atoms with Gasteiger partial charge < -0.3 is 9.30 Å². The average molecular weight is 484 g/mol. The first-order valence-electron chi connectivity index (χ1n) is 10.5. The first kappa shape index (κ1) is 23.7. The Balaban J connectivity index is 1.85. The second kappa shape index (κ2) is 9.03. The smallest absolute Gasteiger partial charge is 0.161 e. The standard InChI is InChI=1S/C26H21ClF3N3O/c1-26(2,3)14-33-23-11-21(30)20(29)10-22(23)32-25(33)17-8-7-16(27)9-24(17)34-13-18-15(12-31)5-4-6-19(18)28/h4-11H,13-14H2,1-3H3. The molecule has 0 saturated carbocycles. The summed E-state index contributed by atoms with van der Waals surface area (Å²) in [6.07, 6.45) is 0. The minimum absolute atomic E-state index is 0.114. The molecule has 0 aliphatic heterocycles. The van der Waals surface area contributed by atoms with Gasteiger partial charge in [-0.15, -0.1) is 0 Å². The van der Waals surface area contributed by atoms with Gasteiger partial charge in [-0.3, -0.25) is 0 Å². The Morgan fingerprint density at radius 3 is 2.47 bits per heavy atom. The van der Waals surface area contributed by atoms with Crippen LogP contribution in [-0.4, -0.2) is 9.55 Å². The van der Waals surface area contributed by atoms with E-state index in [1.165, 1.54) is 18.2 Å². The Kier molecular flexibility index (Phi) is 6.28. The van der Waals surface area contributed by atoms with Gasteiger partial charge in [0.25, 0.3) is 0 Å². The van der Waals surface area contributed by atoms with Gasteiger partial charge in [0.2, 0.25) is 0 Å². The molecule has 0 bridgehead atoms. The summed E-state index contributed by atoms with van der Waals surface area (Å²) in [6.45, 7) is 6.29. The molecule has 0 atom stereocenters. The summed E-state index contributed by atoms with van der Waals surface area (Å²) in [5.41, 5.74) is 1.30. The van der Waals surface area contributed by atoms with Crippen LogP contribution >= 0.6 is 11.6 Å². The maximum Gasteiger partial charge on any atom is 0.161 e. The number of imidazole rings is 1. The summed E-state index contributed by atoms with van der Waals surface area (Å²) in [5, 5.41) is 9.70. The van der Waals surface area contributed by atoms with Gasteiger partial charge in [0.05, 0.1) is 28.2 Å². The molecule has 1 aromatic heterocycles. The van der Waals surface area contributed by atoms with Crippen molar-refractivity contribution in [3.63, 3.8) is 0 Å². The van der Waals surface area contributed by atoms with Crippen molar-refractivity contribution in [3.8, 4) is 23.2 Å². The fourth-order valence-electron chi connectivity index (χ4n) is 3.72. The van der Waals surface area contributed by atoms with Crippen LogP contribution in [0.3, 0.4) is 0 Å². The topological polar surface area (TPSA) is 50.8 Å². The zero-order valence-corrected chi connectivity index (χ0v) is 19.6. The van der Waals surface area contributed by atoms with Crippen molar-refractivity contribution in [1.82, 2.24) is 9.55 Å². The molecule has 8 heteroatoms. The lowest BCUT2D eigenvalue weighted by atomic mass is 9.96. The highest BCUT2D eigenvalue weighted by Gasteiger charge is 2.23. The molecule has 0 N–H and O–H groups in total. The predicted octanol–water partition coefficient (Wildman–Crippen LogP) is 7.27. The zero-order chi connectivity index (χ0) is 24.6. The molecule has 3 aromatic carbocycles. The molecule has 174 valence electrons. The van der Waals surface area contributed by atoms with Gasteiger partial charge in [0, 0.05) is 29.3 Å². The molecule has 0 fully saturated rings. The molecule has 0 aliphatic rings. The van der Waals surface area contributed by atoms with E-state index in [0.29, 0.717) is 39.7 Å². The van der Waals surface area contributed by atoms with Gasteiger partial charge in [-0.25, -0.2) is 18.2 Å². The van der Waals surface area contributed by atoms with Crippen LogP contribution in [0.15, 0.2) is 48.5 Å². The maximum absolute atomic E-state index is 14.4. The molecule has 4 rings (SSSR count). The van der Waals surface area contributed by atoms with E-state index in [2.05, 4.69) is 4.98 Å². The molecule has 1 heterocycles. The largest absolute Gasteiger partial charge is 0.488 e. The van der Waals surface area contributed by atoms with Crippen LogP contribution in [0.1, 0.15) is 31.9 Å². The van der Waals surface area contributed by atoms with Crippen molar-refractivity contribution in [1.29, 1.82) is 5.26 Å². The number of hydrogen-bond acceptors (Lipinski definition) is 3. The SMILES string of the molecule is CC(C)(C)Cn1c(-c2ccc(Cl)cc2OCc2c(F)cccc2C#N)nc2cc(F)c(F)cc21. The van der Waals surface area contributed by atoms with E-state index in [4.69, 9.17) is 16.3 Å². The van der Waals surface area contributed by atoms with Crippen molar-refractivity contribution < 1.29 is 17.9 Å². The van der Waals surface area contributed by atoms with E-state index in [1.807, 2.05) is 26.8 Å². The Hall–Kier alpha value is -3.50. The highest BCUT2D eigenvalue weighted by molar-refractivity contribution is 6.30. The summed E-state index contributed by atoms with van der Waals surface area (Å²) in [7, 11) is 0. The summed E-state index contributed by atoms with van der Waals surface area (Å²) >= 11 is 6.21. The van der Waals surface area contributed by atoms with Crippen molar-refractivity contribution >= 4 is 22.6 Å². The van der Waals surface area contributed by atoms with E-state index in [-0.39, 0.29) is 23.1 Å². The molecule has 0 unspecified atom stereocenters. The minimum Gasteiger partial charge on any atom is -0.488 e. The highest BCUT2D eigenvalue weighted by Crippen LogP contribution is 2.37. The molecule has 4 nitrogen and oxygen atoms in total. The van der Waals surface area contributed by atoms with Crippen LogP contribution in [-0.2, 0) is 13.2 Å². The molecule has 0 aliphatic carbocycles. The molecule has 0 spiro atoms. The van der Waals surface area contributed by atoms with E-state index < -0.39 is 17.5 Å². The first-order valence-corrected chi connectivity index (χ1v) is 10.9. The van der Waals surface area contributed by atoms with Gasteiger partial charge in [0.15, 0.2) is 11.6 Å². The van der Waals surface area contributed by atoms with Crippen molar-refractivity contribution in [3.05, 3.63) is 82.1 Å². The zero-order valence-electron chi connectivity index (χ0n) is 18.8. The second-order valence-corrected chi connectivity index (χ2v) is 9.58. The number of nitriles is 1. The molecule has 34 heavy (non-hydrogen) atoms. The van der Waals surface area contributed by atoms with E-state index in [1.54, 1.807) is 22.8 Å². The maximum atomic E-state index is 14.4. The molecular formula is C26H21ClF3N3O. The fraction of sp³-hybridized carbons (Fsp3) is 0.231. The van der Waals surface area contributed by atoms with Gasteiger partial charge in [-0.2, -0.15) is 5.26 Å². The molecule has 4 aromatic rings. The van der Waals surface area contributed by atoms with E-state index >= 15 is 0 Å². The Morgan fingerprint density at radius 1 is 1.03 bits per heavy atom. The first-order chi connectivity index (χ1) is 16.1. The van der Waals surface area contributed by atoms with Crippen LogP contribution in [0, 0.1) is 34.2 Å². The van der Waals surface area contributed by atoms with E-state index in [9.17, 15) is 18.4 Å². The molecule has 0 amide bonds. The number of nitrogens with zero attached hydrogens (tertiary/aromatic N) is 3.